The molecule has 74 valence electrons. The van der Waals surface area contributed by atoms with Gasteiger partial charge in [-0.15, -0.1) is 0 Å². The molecule has 0 aliphatic heterocycles. The fourth-order valence-electron chi connectivity index (χ4n) is 0.428. The van der Waals surface area contributed by atoms with Crippen LogP contribution in [0.4, 0.5) is 0 Å². The monoisotopic (exact) mass is 183 g/mol. The van der Waals surface area contributed by atoms with Crippen LogP contribution in [0.3, 0.4) is 0 Å². The summed E-state index contributed by atoms with van der Waals surface area (Å²) in [5.74, 6) is -0.0116. The molecule has 0 heterocycles. The SMILES string of the molecule is CC.CC(N)=O.Oc1ccccc1. The highest BCUT2D eigenvalue weighted by atomic mass is 16.3. The minimum Gasteiger partial charge on any atom is -0.508 e. The molecule has 0 aliphatic carbocycles. The lowest BCUT2D eigenvalue weighted by Gasteiger charge is -1.82. The number of hydrogen-bond donors (Lipinski definition) is 2. The van der Waals surface area contributed by atoms with Crippen LogP contribution >= 0.6 is 0 Å². The predicted molar refractivity (Wildman–Crippen MR) is 54.3 cm³/mol. The Morgan fingerprint density at radius 1 is 1.23 bits per heavy atom. The Labute approximate surface area is 79.2 Å². The van der Waals surface area contributed by atoms with Gasteiger partial charge in [-0.2, -0.15) is 0 Å². The first-order valence-corrected chi connectivity index (χ1v) is 4.13. The zero-order chi connectivity index (χ0) is 10.7. The molecule has 0 saturated carbocycles. The first-order chi connectivity index (χ1) is 6.13. The molecule has 0 spiro atoms. The zero-order valence-electron chi connectivity index (χ0n) is 8.32. The van der Waals surface area contributed by atoms with Gasteiger partial charge in [0.25, 0.3) is 0 Å². The van der Waals surface area contributed by atoms with Gasteiger partial charge in [0.05, 0.1) is 0 Å². The number of carbonyl (C=O) groups is 1. The van der Waals surface area contributed by atoms with Gasteiger partial charge in [0.2, 0.25) is 5.91 Å². The zero-order valence-corrected chi connectivity index (χ0v) is 8.32. The van der Waals surface area contributed by atoms with Crippen molar-refractivity contribution >= 4 is 5.91 Å². The molecule has 13 heavy (non-hydrogen) atoms. The maximum atomic E-state index is 9.22. The van der Waals surface area contributed by atoms with E-state index < -0.39 is 0 Å². The Morgan fingerprint density at radius 2 is 1.54 bits per heavy atom. The number of phenols is 1. The molecule has 3 heteroatoms. The largest absolute Gasteiger partial charge is 0.508 e. The maximum Gasteiger partial charge on any atom is 0.214 e. The van der Waals surface area contributed by atoms with E-state index in [2.05, 4.69) is 5.73 Å². The van der Waals surface area contributed by atoms with Crippen molar-refractivity contribution < 1.29 is 9.90 Å². The van der Waals surface area contributed by atoms with E-state index >= 15 is 0 Å². The Morgan fingerprint density at radius 3 is 1.69 bits per heavy atom. The standard InChI is InChI=1S/C6H6O.C2H5NO.C2H6/c7-6-4-2-1-3-5-6;1-2(3)4;1-2/h1-5,7H;1H3,(H2,3,4);1-2H3. The van der Waals surface area contributed by atoms with Gasteiger partial charge in [-0.3, -0.25) is 4.79 Å². The lowest BCUT2D eigenvalue weighted by Crippen LogP contribution is -2.01. The van der Waals surface area contributed by atoms with Gasteiger partial charge in [0.15, 0.2) is 0 Å². The summed E-state index contributed by atoms with van der Waals surface area (Å²) in [6, 6.07) is 8.71. The summed E-state index contributed by atoms with van der Waals surface area (Å²) in [5.41, 5.74) is 4.47. The number of aromatic hydroxyl groups is 1. The summed E-state index contributed by atoms with van der Waals surface area (Å²) in [4.78, 5) is 9.22. The molecular weight excluding hydrogens is 166 g/mol. The third-order valence-corrected chi connectivity index (χ3v) is 0.756. The number of carbonyl (C=O) groups excluding carboxylic acids is 1. The van der Waals surface area contributed by atoms with E-state index in [1.165, 1.54) is 6.92 Å². The minimum atomic E-state index is -0.333. The molecular formula is C10H17NO2. The summed E-state index contributed by atoms with van der Waals surface area (Å²) >= 11 is 0. The second-order valence-electron chi connectivity index (χ2n) is 1.95. The van der Waals surface area contributed by atoms with Crippen molar-refractivity contribution in [2.75, 3.05) is 0 Å². The summed E-state index contributed by atoms with van der Waals surface area (Å²) in [5, 5.41) is 8.63. The van der Waals surface area contributed by atoms with Gasteiger partial charge in [0, 0.05) is 6.92 Å². The molecule has 1 amide bonds. The van der Waals surface area contributed by atoms with Crippen molar-refractivity contribution in [3.63, 3.8) is 0 Å². The van der Waals surface area contributed by atoms with Crippen LogP contribution in [0.1, 0.15) is 20.8 Å². The van der Waals surface area contributed by atoms with Crippen molar-refractivity contribution in [2.45, 2.75) is 20.8 Å². The van der Waals surface area contributed by atoms with Crippen LogP contribution in [0.2, 0.25) is 0 Å². The second-order valence-corrected chi connectivity index (χ2v) is 1.95. The average molecular weight is 183 g/mol. The number of para-hydroxylation sites is 1. The second kappa shape index (κ2) is 10.5. The molecule has 0 unspecified atom stereocenters. The third kappa shape index (κ3) is 18.0. The van der Waals surface area contributed by atoms with Crippen LogP contribution in [-0.4, -0.2) is 11.0 Å². The molecule has 1 rings (SSSR count). The number of phenolic OH excluding ortho intramolecular Hbond substituents is 1. The molecule has 0 atom stereocenters. The van der Waals surface area contributed by atoms with Crippen molar-refractivity contribution in [1.29, 1.82) is 0 Å². The highest BCUT2D eigenvalue weighted by Gasteiger charge is 1.74. The molecule has 3 nitrogen and oxygen atoms in total. The molecule has 1 aromatic carbocycles. The molecule has 0 saturated heterocycles. The van der Waals surface area contributed by atoms with Crippen molar-refractivity contribution in [3.8, 4) is 5.75 Å². The lowest BCUT2D eigenvalue weighted by atomic mass is 10.3. The number of nitrogens with two attached hydrogens (primary N) is 1. The maximum absolute atomic E-state index is 9.22. The molecule has 0 aliphatic rings. The van der Waals surface area contributed by atoms with Gasteiger partial charge in [-0.1, -0.05) is 32.0 Å². The topological polar surface area (TPSA) is 63.3 Å². The lowest BCUT2D eigenvalue weighted by molar-refractivity contribution is -0.115. The summed E-state index contributed by atoms with van der Waals surface area (Å²) in [6.45, 7) is 5.31. The molecule has 0 radical (unpaired) electrons. The van der Waals surface area contributed by atoms with Gasteiger partial charge in [0.1, 0.15) is 5.75 Å². The summed E-state index contributed by atoms with van der Waals surface area (Å²) in [6.07, 6.45) is 0. The Balaban J connectivity index is 0. The fraction of sp³-hybridized carbons (Fsp3) is 0.300. The molecule has 1 aromatic rings. The van der Waals surface area contributed by atoms with E-state index in [-0.39, 0.29) is 5.91 Å². The molecule has 3 N–H and O–H groups in total. The molecule has 0 aromatic heterocycles. The van der Waals surface area contributed by atoms with E-state index in [1.54, 1.807) is 24.3 Å². The van der Waals surface area contributed by atoms with Crippen LogP contribution in [0.15, 0.2) is 30.3 Å². The van der Waals surface area contributed by atoms with Crippen LogP contribution in [0.5, 0.6) is 5.75 Å². The first-order valence-electron chi connectivity index (χ1n) is 4.13. The van der Waals surface area contributed by atoms with Crippen molar-refractivity contribution in [1.82, 2.24) is 0 Å². The highest BCUT2D eigenvalue weighted by molar-refractivity contribution is 5.70. The van der Waals surface area contributed by atoms with Gasteiger partial charge in [-0.25, -0.2) is 0 Å². The van der Waals surface area contributed by atoms with Crippen LogP contribution in [-0.2, 0) is 4.79 Å². The van der Waals surface area contributed by atoms with E-state index in [1.807, 2.05) is 19.9 Å². The van der Waals surface area contributed by atoms with Gasteiger partial charge in [-0.05, 0) is 12.1 Å². The van der Waals surface area contributed by atoms with Crippen molar-refractivity contribution in [2.24, 2.45) is 5.73 Å². The van der Waals surface area contributed by atoms with Crippen LogP contribution < -0.4 is 5.73 Å². The average Bonchev–Trinajstić information content (AvgIpc) is 2.08. The number of hydrogen-bond acceptors (Lipinski definition) is 2. The van der Waals surface area contributed by atoms with E-state index in [9.17, 15) is 4.79 Å². The Bertz CT molecular complexity index is 205. The molecule has 0 bridgehead atoms. The van der Waals surface area contributed by atoms with E-state index in [0.29, 0.717) is 5.75 Å². The molecule has 0 fully saturated rings. The number of rotatable bonds is 0. The van der Waals surface area contributed by atoms with Gasteiger partial charge < -0.3 is 10.8 Å². The van der Waals surface area contributed by atoms with Crippen LogP contribution in [0, 0.1) is 0 Å². The normalized spacial score (nSPS) is 7.00. The quantitative estimate of drug-likeness (QED) is 0.645. The summed E-state index contributed by atoms with van der Waals surface area (Å²) < 4.78 is 0. The number of primary amides is 1. The number of amides is 1. The Hall–Kier alpha value is -1.51. The first kappa shape index (κ1) is 14.0. The van der Waals surface area contributed by atoms with E-state index in [4.69, 9.17) is 5.11 Å². The van der Waals surface area contributed by atoms with Crippen molar-refractivity contribution in [3.05, 3.63) is 30.3 Å². The smallest absolute Gasteiger partial charge is 0.214 e. The summed E-state index contributed by atoms with van der Waals surface area (Å²) in [7, 11) is 0. The number of benzene rings is 1. The predicted octanol–water partition coefficient (Wildman–Crippen LogP) is 1.91. The third-order valence-electron chi connectivity index (χ3n) is 0.756. The fourth-order valence-corrected chi connectivity index (χ4v) is 0.428. The van der Waals surface area contributed by atoms with Crippen LogP contribution in [0.25, 0.3) is 0 Å². The minimum absolute atomic E-state index is 0.322. The van der Waals surface area contributed by atoms with Gasteiger partial charge >= 0.3 is 0 Å². The Kier molecular flexibility index (Phi) is 11.3. The highest BCUT2D eigenvalue weighted by Crippen LogP contribution is 2.02. The van der Waals surface area contributed by atoms with E-state index in [0.717, 1.165) is 0 Å².